The zero-order valence-electron chi connectivity index (χ0n) is 16.5. The standard InChI is InChI=1S/C19H22N4O4S2/c1-13-18(12-17(28-13)19-20-14(2)27-21-19)29(24,25)23-10-8-22(9-11-23)15-6-4-5-7-16(15)26-3/h4-7,12H,8-11H2,1-3H3. The van der Waals surface area contributed by atoms with Gasteiger partial charge in [0.1, 0.15) is 5.75 Å². The van der Waals surface area contributed by atoms with Crippen molar-refractivity contribution < 1.29 is 17.7 Å². The zero-order chi connectivity index (χ0) is 20.6. The molecular formula is C19H22N4O4S2. The third kappa shape index (κ3) is 3.75. The molecule has 1 aliphatic heterocycles. The van der Waals surface area contributed by atoms with Crippen LogP contribution in [0.5, 0.6) is 5.75 Å². The Balaban J connectivity index is 1.53. The van der Waals surface area contributed by atoms with Gasteiger partial charge in [0.2, 0.25) is 21.7 Å². The Kier molecular flexibility index (Phi) is 5.32. The molecule has 1 aromatic carbocycles. The summed E-state index contributed by atoms with van der Waals surface area (Å²) >= 11 is 1.36. The first kappa shape index (κ1) is 19.9. The lowest BCUT2D eigenvalue weighted by Gasteiger charge is -2.35. The molecule has 4 rings (SSSR count). The van der Waals surface area contributed by atoms with E-state index in [0.717, 1.165) is 16.3 Å². The Hall–Kier alpha value is -2.43. The highest BCUT2D eigenvalue weighted by atomic mass is 32.2. The van der Waals surface area contributed by atoms with E-state index in [4.69, 9.17) is 9.26 Å². The number of nitrogens with zero attached hydrogens (tertiary/aromatic N) is 4. The van der Waals surface area contributed by atoms with Gasteiger partial charge in [0.05, 0.1) is 22.6 Å². The van der Waals surface area contributed by atoms with E-state index in [0.29, 0.717) is 47.7 Å². The molecule has 3 heterocycles. The summed E-state index contributed by atoms with van der Waals surface area (Å²) in [5.74, 6) is 1.65. The van der Waals surface area contributed by atoms with Gasteiger partial charge in [-0.15, -0.1) is 11.3 Å². The Morgan fingerprint density at radius 2 is 1.86 bits per heavy atom. The lowest BCUT2D eigenvalue weighted by atomic mass is 10.2. The number of aryl methyl sites for hydroxylation is 2. The van der Waals surface area contributed by atoms with Gasteiger partial charge in [0.25, 0.3) is 0 Å². The topological polar surface area (TPSA) is 88.8 Å². The second-order valence-corrected chi connectivity index (χ2v) is 9.89. The molecule has 0 radical (unpaired) electrons. The molecule has 0 bridgehead atoms. The molecule has 0 aliphatic carbocycles. The van der Waals surface area contributed by atoms with Crippen molar-refractivity contribution >= 4 is 27.0 Å². The smallest absolute Gasteiger partial charge is 0.244 e. The van der Waals surface area contributed by atoms with Crippen molar-refractivity contribution in [1.29, 1.82) is 0 Å². The van der Waals surface area contributed by atoms with E-state index in [1.165, 1.54) is 11.3 Å². The maximum Gasteiger partial charge on any atom is 0.244 e. The van der Waals surface area contributed by atoms with Gasteiger partial charge in [-0.2, -0.15) is 9.29 Å². The van der Waals surface area contributed by atoms with Gasteiger partial charge < -0.3 is 14.2 Å². The SMILES string of the molecule is COc1ccccc1N1CCN(S(=O)(=O)c2cc(-c3noc(C)n3)sc2C)CC1. The summed E-state index contributed by atoms with van der Waals surface area (Å²) in [6.07, 6.45) is 0. The van der Waals surface area contributed by atoms with E-state index in [1.807, 2.05) is 24.3 Å². The van der Waals surface area contributed by atoms with Gasteiger partial charge >= 0.3 is 0 Å². The van der Waals surface area contributed by atoms with Crippen LogP contribution in [0.25, 0.3) is 10.7 Å². The minimum atomic E-state index is -3.59. The highest BCUT2D eigenvalue weighted by molar-refractivity contribution is 7.89. The van der Waals surface area contributed by atoms with Gasteiger partial charge in [0.15, 0.2) is 0 Å². The Bertz CT molecular complexity index is 1110. The summed E-state index contributed by atoms with van der Waals surface area (Å²) in [4.78, 5) is 8.06. The van der Waals surface area contributed by atoms with Crippen molar-refractivity contribution in [3.05, 3.63) is 41.1 Å². The molecule has 1 fully saturated rings. The van der Waals surface area contributed by atoms with Gasteiger partial charge in [-0.25, -0.2) is 8.42 Å². The third-order valence-electron chi connectivity index (χ3n) is 4.90. The van der Waals surface area contributed by atoms with E-state index in [1.54, 1.807) is 31.3 Å². The van der Waals surface area contributed by atoms with Gasteiger partial charge in [0, 0.05) is 38.0 Å². The molecule has 0 N–H and O–H groups in total. The van der Waals surface area contributed by atoms with Crippen LogP contribution in [0, 0.1) is 13.8 Å². The third-order valence-corrected chi connectivity index (χ3v) is 8.10. The number of anilines is 1. The van der Waals surface area contributed by atoms with Crippen LogP contribution in [0.4, 0.5) is 5.69 Å². The van der Waals surface area contributed by atoms with Crippen LogP contribution in [-0.2, 0) is 10.0 Å². The maximum atomic E-state index is 13.2. The average molecular weight is 435 g/mol. The van der Waals surface area contributed by atoms with Gasteiger partial charge in [-0.1, -0.05) is 17.3 Å². The summed E-state index contributed by atoms with van der Waals surface area (Å²) in [5.41, 5.74) is 0.980. The lowest BCUT2D eigenvalue weighted by molar-refractivity contribution is 0.378. The van der Waals surface area contributed by atoms with E-state index >= 15 is 0 Å². The number of thiophene rings is 1. The van der Waals surface area contributed by atoms with Crippen molar-refractivity contribution in [2.75, 3.05) is 38.2 Å². The summed E-state index contributed by atoms with van der Waals surface area (Å²) < 4.78 is 38.5. The molecule has 0 saturated carbocycles. The largest absolute Gasteiger partial charge is 0.495 e. The molecular weight excluding hydrogens is 412 g/mol. The van der Waals surface area contributed by atoms with E-state index < -0.39 is 10.0 Å². The zero-order valence-corrected chi connectivity index (χ0v) is 18.1. The van der Waals surface area contributed by atoms with Crippen LogP contribution >= 0.6 is 11.3 Å². The van der Waals surface area contributed by atoms with Crippen LogP contribution in [0.15, 0.2) is 39.8 Å². The van der Waals surface area contributed by atoms with Crippen molar-refractivity contribution in [3.63, 3.8) is 0 Å². The molecule has 2 aromatic heterocycles. The number of piperazine rings is 1. The van der Waals surface area contributed by atoms with Crippen LogP contribution in [0.1, 0.15) is 10.8 Å². The van der Waals surface area contributed by atoms with E-state index in [9.17, 15) is 8.42 Å². The number of hydrogen-bond acceptors (Lipinski definition) is 8. The molecule has 0 amide bonds. The minimum Gasteiger partial charge on any atom is -0.495 e. The highest BCUT2D eigenvalue weighted by Gasteiger charge is 2.32. The molecule has 154 valence electrons. The Morgan fingerprint density at radius 3 is 2.52 bits per heavy atom. The van der Waals surface area contributed by atoms with Crippen LogP contribution < -0.4 is 9.64 Å². The van der Waals surface area contributed by atoms with Crippen molar-refractivity contribution in [3.8, 4) is 16.5 Å². The fraction of sp³-hybridized carbons (Fsp3) is 0.368. The van der Waals surface area contributed by atoms with Gasteiger partial charge in [-0.05, 0) is 25.1 Å². The van der Waals surface area contributed by atoms with Crippen molar-refractivity contribution in [2.45, 2.75) is 18.7 Å². The molecule has 8 nitrogen and oxygen atoms in total. The Morgan fingerprint density at radius 1 is 1.14 bits per heavy atom. The predicted molar refractivity (Wildman–Crippen MR) is 111 cm³/mol. The highest BCUT2D eigenvalue weighted by Crippen LogP contribution is 2.34. The normalized spacial score (nSPS) is 15.6. The lowest BCUT2D eigenvalue weighted by Crippen LogP contribution is -2.48. The molecule has 10 heteroatoms. The number of aromatic nitrogens is 2. The first-order chi connectivity index (χ1) is 13.9. The number of hydrogen-bond donors (Lipinski definition) is 0. The molecule has 3 aromatic rings. The molecule has 0 atom stereocenters. The number of ether oxygens (including phenoxy) is 1. The fourth-order valence-electron chi connectivity index (χ4n) is 3.43. The monoisotopic (exact) mass is 434 g/mol. The fourth-order valence-corrected chi connectivity index (χ4v) is 6.34. The molecule has 1 saturated heterocycles. The summed E-state index contributed by atoms with van der Waals surface area (Å²) in [6, 6.07) is 9.42. The van der Waals surface area contributed by atoms with Crippen LogP contribution in [-0.4, -0.2) is 56.2 Å². The summed E-state index contributed by atoms with van der Waals surface area (Å²) in [6.45, 7) is 5.52. The first-order valence-electron chi connectivity index (χ1n) is 9.19. The Labute approximate surface area is 173 Å². The van der Waals surface area contributed by atoms with Crippen molar-refractivity contribution in [1.82, 2.24) is 14.4 Å². The number of benzene rings is 1. The molecule has 1 aliphatic rings. The van der Waals surface area contributed by atoms with E-state index in [2.05, 4.69) is 15.0 Å². The number of rotatable bonds is 5. The first-order valence-corrected chi connectivity index (χ1v) is 11.4. The molecule has 0 spiro atoms. The molecule has 29 heavy (non-hydrogen) atoms. The maximum absolute atomic E-state index is 13.2. The number of para-hydroxylation sites is 2. The second kappa shape index (κ2) is 7.77. The van der Waals surface area contributed by atoms with Crippen molar-refractivity contribution in [2.24, 2.45) is 0 Å². The number of methoxy groups -OCH3 is 1. The predicted octanol–water partition coefficient (Wildman–Crippen LogP) is 2.93. The van der Waals surface area contributed by atoms with Crippen LogP contribution in [0.3, 0.4) is 0 Å². The molecule has 0 unspecified atom stereocenters. The van der Waals surface area contributed by atoms with Gasteiger partial charge in [-0.3, -0.25) is 0 Å². The minimum absolute atomic E-state index is 0.311. The van der Waals surface area contributed by atoms with Crippen LogP contribution in [0.2, 0.25) is 0 Å². The average Bonchev–Trinajstić information content (AvgIpc) is 3.34. The quantitative estimate of drug-likeness (QED) is 0.610. The summed E-state index contributed by atoms with van der Waals surface area (Å²) in [7, 11) is -1.95. The second-order valence-electron chi connectivity index (χ2n) is 6.73. The summed E-state index contributed by atoms with van der Waals surface area (Å²) in [5, 5.41) is 3.89. The van der Waals surface area contributed by atoms with E-state index in [-0.39, 0.29) is 0 Å². The number of sulfonamides is 1.